The smallest absolute Gasteiger partial charge is 0.270 e. The summed E-state index contributed by atoms with van der Waals surface area (Å²) in [4.78, 5) is 43.5. The van der Waals surface area contributed by atoms with Crippen LogP contribution in [0.4, 0.5) is 15.8 Å². The number of nitrogens with one attached hydrogen (secondary N) is 3. The Hall–Kier alpha value is -3.70. The fraction of sp³-hybridized carbons (Fsp3) is 0.360. The molecule has 1 aliphatic carbocycles. The Balaban J connectivity index is 1.37. The number of carbonyl (C=O) groups is 3. The molecular weight excluding hydrogens is 480 g/mol. The first kappa shape index (κ1) is 25.4. The Morgan fingerprint density at radius 1 is 1.06 bits per heavy atom. The van der Waals surface area contributed by atoms with Gasteiger partial charge in [0.05, 0.1) is 13.7 Å². The zero-order chi connectivity index (χ0) is 25.5. The minimum absolute atomic E-state index is 0.0121. The molecule has 0 saturated carbocycles. The number of anilines is 3. The van der Waals surface area contributed by atoms with Crippen molar-refractivity contribution in [3.8, 4) is 5.75 Å². The lowest BCUT2D eigenvalue weighted by Gasteiger charge is -2.26. The maximum absolute atomic E-state index is 12.9. The van der Waals surface area contributed by atoms with Crippen LogP contribution < -0.4 is 26.4 Å². The molecule has 3 amide bonds. The highest BCUT2D eigenvalue weighted by molar-refractivity contribution is 7.20. The van der Waals surface area contributed by atoms with Gasteiger partial charge in [0.15, 0.2) is 10.8 Å². The highest BCUT2D eigenvalue weighted by Crippen LogP contribution is 2.32. The molecule has 10 nitrogen and oxygen atoms in total. The van der Waals surface area contributed by atoms with E-state index >= 15 is 0 Å². The van der Waals surface area contributed by atoms with Crippen LogP contribution >= 0.6 is 11.3 Å². The fourth-order valence-electron chi connectivity index (χ4n) is 4.08. The van der Waals surface area contributed by atoms with E-state index in [0.29, 0.717) is 35.8 Å². The monoisotopic (exact) mass is 510 g/mol. The van der Waals surface area contributed by atoms with Crippen LogP contribution in [0, 0.1) is 0 Å². The molecule has 1 aliphatic heterocycles. The molecule has 1 saturated heterocycles. The molecule has 36 heavy (non-hydrogen) atoms. The second kappa shape index (κ2) is 11.8. The largest absolute Gasteiger partial charge is 0.497 e. The molecule has 0 radical (unpaired) electrons. The number of carbonyl (C=O) groups excluding carboxylic acids is 3. The van der Waals surface area contributed by atoms with Crippen molar-refractivity contribution >= 4 is 44.9 Å². The zero-order valence-electron chi connectivity index (χ0n) is 20.1. The Labute approximate surface area is 213 Å². The van der Waals surface area contributed by atoms with Gasteiger partial charge in [-0.3, -0.25) is 19.3 Å². The van der Waals surface area contributed by atoms with Gasteiger partial charge < -0.3 is 26.4 Å². The van der Waals surface area contributed by atoms with E-state index < -0.39 is 5.91 Å². The van der Waals surface area contributed by atoms with Crippen molar-refractivity contribution in [2.45, 2.75) is 32.1 Å². The van der Waals surface area contributed by atoms with Crippen LogP contribution in [0.5, 0.6) is 5.75 Å². The van der Waals surface area contributed by atoms with E-state index in [1.165, 1.54) is 6.42 Å². The van der Waals surface area contributed by atoms with E-state index in [9.17, 15) is 14.4 Å². The number of hydrogen-bond donors (Lipinski definition) is 4. The van der Waals surface area contributed by atoms with E-state index in [4.69, 9.17) is 10.5 Å². The van der Waals surface area contributed by atoms with Crippen molar-refractivity contribution in [3.05, 3.63) is 53.4 Å². The molecule has 5 N–H and O–H groups in total. The lowest BCUT2D eigenvalue weighted by atomic mass is 10.0. The molecular formula is C25H30N6O4S. The number of rotatable bonds is 9. The number of primary amides is 1. The molecule has 2 aromatic rings. The van der Waals surface area contributed by atoms with Crippen LogP contribution in [-0.4, -0.2) is 54.3 Å². The maximum atomic E-state index is 12.9. The molecule has 11 heteroatoms. The van der Waals surface area contributed by atoms with Crippen LogP contribution in [0.3, 0.4) is 0 Å². The Morgan fingerprint density at radius 2 is 1.81 bits per heavy atom. The lowest BCUT2D eigenvalue weighted by molar-refractivity contribution is -0.121. The van der Waals surface area contributed by atoms with Crippen molar-refractivity contribution in [2.24, 2.45) is 5.73 Å². The number of nitrogens with zero attached hydrogens (tertiary/aromatic N) is 2. The fourth-order valence-corrected chi connectivity index (χ4v) is 4.96. The van der Waals surface area contributed by atoms with Gasteiger partial charge >= 0.3 is 0 Å². The SMILES string of the molecule is COc1ccc(Nc2nc(C(N)=O)c(NC(=O)C3=CC=C(NC(=O)CN4CCCCC4)CC3)s2)cc1. The number of aromatic nitrogens is 1. The third kappa shape index (κ3) is 6.70. The molecule has 1 aromatic heterocycles. The third-order valence-electron chi connectivity index (χ3n) is 5.99. The Morgan fingerprint density at radius 3 is 2.44 bits per heavy atom. The number of thiazole rings is 1. The summed E-state index contributed by atoms with van der Waals surface area (Å²) in [7, 11) is 1.59. The Bertz CT molecular complexity index is 1180. The first-order chi connectivity index (χ1) is 17.4. The van der Waals surface area contributed by atoms with Crippen molar-refractivity contribution in [1.82, 2.24) is 15.2 Å². The van der Waals surface area contributed by atoms with Crippen LogP contribution in [0.25, 0.3) is 0 Å². The van der Waals surface area contributed by atoms with Crippen LogP contribution in [0.15, 0.2) is 47.7 Å². The second-order valence-electron chi connectivity index (χ2n) is 8.64. The third-order valence-corrected chi connectivity index (χ3v) is 6.87. The van der Waals surface area contributed by atoms with E-state index in [-0.39, 0.29) is 22.5 Å². The summed E-state index contributed by atoms with van der Waals surface area (Å²) in [5.41, 5.74) is 7.55. The summed E-state index contributed by atoms with van der Waals surface area (Å²) in [5, 5.41) is 9.50. The van der Waals surface area contributed by atoms with E-state index in [0.717, 1.165) is 48.7 Å². The van der Waals surface area contributed by atoms with Gasteiger partial charge in [-0.1, -0.05) is 23.8 Å². The zero-order valence-corrected chi connectivity index (χ0v) is 21.0. The van der Waals surface area contributed by atoms with Crippen molar-refractivity contribution in [2.75, 3.05) is 37.4 Å². The van der Waals surface area contributed by atoms with Gasteiger partial charge in [-0.15, -0.1) is 0 Å². The summed E-state index contributed by atoms with van der Waals surface area (Å²) < 4.78 is 5.15. The van der Waals surface area contributed by atoms with E-state index in [1.807, 2.05) is 12.1 Å². The minimum Gasteiger partial charge on any atom is -0.497 e. The number of benzene rings is 1. The van der Waals surface area contributed by atoms with Crippen molar-refractivity contribution < 1.29 is 19.1 Å². The number of hydrogen-bond acceptors (Lipinski definition) is 8. The van der Waals surface area contributed by atoms with E-state index in [2.05, 4.69) is 25.8 Å². The summed E-state index contributed by atoms with van der Waals surface area (Å²) in [6.45, 7) is 2.31. The number of piperidine rings is 1. The van der Waals surface area contributed by atoms with Gasteiger partial charge in [0.1, 0.15) is 10.8 Å². The number of amides is 3. The second-order valence-corrected chi connectivity index (χ2v) is 9.64. The molecule has 4 rings (SSSR count). The highest BCUT2D eigenvalue weighted by atomic mass is 32.1. The molecule has 0 atom stereocenters. The van der Waals surface area contributed by atoms with Crippen molar-refractivity contribution in [3.63, 3.8) is 0 Å². The summed E-state index contributed by atoms with van der Waals surface area (Å²) >= 11 is 1.12. The van der Waals surface area contributed by atoms with Gasteiger partial charge in [0.2, 0.25) is 5.91 Å². The van der Waals surface area contributed by atoms with Gasteiger partial charge in [-0.25, -0.2) is 4.98 Å². The first-order valence-corrected chi connectivity index (χ1v) is 12.7. The highest BCUT2D eigenvalue weighted by Gasteiger charge is 2.22. The molecule has 0 unspecified atom stereocenters. The number of ether oxygens (including phenoxy) is 1. The lowest BCUT2D eigenvalue weighted by Crippen LogP contribution is -2.39. The van der Waals surface area contributed by atoms with Gasteiger partial charge in [0, 0.05) is 17.0 Å². The van der Waals surface area contributed by atoms with E-state index in [1.54, 1.807) is 31.4 Å². The average molecular weight is 511 g/mol. The summed E-state index contributed by atoms with van der Waals surface area (Å²) in [6.07, 6.45) is 7.94. The number of allylic oxidation sites excluding steroid dienone is 3. The molecule has 2 heterocycles. The molecule has 0 spiro atoms. The van der Waals surface area contributed by atoms with Gasteiger partial charge in [0.25, 0.3) is 11.8 Å². The molecule has 190 valence electrons. The maximum Gasteiger partial charge on any atom is 0.270 e. The quantitative estimate of drug-likeness (QED) is 0.406. The topological polar surface area (TPSA) is 139 Å². The predicted octanol–water partition coefficient (Wildman–Crippen LogP) is 3.14. The van der Waals surface area contributed by atoms with Crippen molar-refractivity contribution in [1.29, 1.82) is 0 Å². The summed E-state index contributed by atoms with van der Waals surface area (Å²) in [6, 6.07) is 7.21. The average Bonchev–Trinajstić information content (AvgIpc) is 3.27. The number of likely N-dealkylation sites (tertiary alicyclic amines) is 1. The number of methoxy groups -OCH3 is 1. The number of nitrogens with two attached hydrogens (primary N) is 1. The molecule has 1 fully saturated rings. The first-order valence-electron chi connectivity index (χ1n) is 11.9. The standard InChI is InChI=1S/C25H30N6O4S/c1-35-19-11-9-18(10-12-19)28-25-29-21(22(26)33)24(36-25)30-23(34)16-5-7-17(8-6-16)27-20(32)15-31-13-3-2-4-14-31/h5,7,9-12H,2-4,6,8,13-15H2,1H3,(H2,26,33)(H,27,32)(H,28,29)(H,30,34). The van der Waals surface area contributed by atoms with Gasteiger partial charge in [-0.05, 0) is 69.1 Å². The van der Waals surface area contributed by atoms with Crippen LogP contribution in [-0.2, 0) is 9.59 Å². The van der Waals surface area contributed by atoms with Crippen LogP contribution in [0.1, 0.15) is 42.6 Å². The predicted molar refractivity (Wildman–Crippen MR) is 139 cm³/mol. The molecule has 1 aromatic carbocycles. The molecule has 0 bridgehead atoms. The molecule has 2 aliphatic rings. The van der Waals surface area contributed by atoms with Gasteiger partial charge in [-0.2, -0.15) is 0 Å². The minimum atomic E-state index is -0.736. The summed E-state index contributed by atoms with van der Waals surface area (Å²) in [5.74, 6) is -0.394. The Kier molecular flexibility index (Phi) is 8.34. The normalized spacial score (nSPS) is 15.9. The van der Waals surface area contributed by atoms with Crippen LogP contribution in [0.2, 0.25) is 0 Å².